The zero-order valence-corrected chi connectivity index (χ0v) is 28.4. The molecule has 1 aromatic carbocycles. The number of hydrogen-bond donors (Lipinski definition) is 2. The first-order chi connectivity index (χ1) is 22.9. The summed E-state index contributed by atoms with van der Waals surface area (Å²) < 4.78 is 21.7. The Hall–Kier alpha value is -3.86. The Morgan fingerprint density at radius 1 is 1.06 bits per heavy atom. The Kier molecular flexibility index (Phi) is 10.2. The van der Waals surface area contributed by atoms with Gasteiger partial charge in [0, 0.05) is 42.2 Å². The molecule has 0 spiro atoms. The van der Waals surface area contributed by atoms with Crippen LogP contribution < -0.4 is 10.2 Å². The standard InChI is InChI=1S/C31H37FN8O2.C3H6.C2H6/c1-3-42-30(41)35-20-7-13-39(18-20)29-23-16-33-27(21-14-19(2)15-24-22(21)17-34-38-24)26(32)28(23)36-25(37-29)6-10-31-8-4-11-40(31)12-5-9-31;1-2-3-1;1-2/h14-17,20H,3-13,18H2,1-2H3,(H,34,38)(H,35,41);1-3H2;1-2H3. The molecule has 1 atom stereocenters. The summed E-state index contributed by atoms with van der Waals surface area (Å²) in [6.45, 7) is 11.6. The number of rotatable bonds is 7. The summed E-state index contributed by atoms with van der Waals surface area (Å²) in [6.07, 6.45) is 14.8. The second kappa shape index (κ2) is 14.5. The topological polar surface area (TPSA) is 112 Å². The van der Waals surface area contributed by atoms with Crippen LogP contribution in [-0.2, 0) is 11.2 Å². The van der Waals surface area contributed by atoms with Crippen molar-refractivity contribution in [1.82, 2.24) is 35.4 Å². The molecule has 47 heavy (non-hydrogen) atoms. The zero-order valence-electron chi connectivity index (χ0n) is 28.4. The third kappa shape index (κ3) is 7.05. The highest BCUT2D eigenvalue weighted by Gasteiger charge is 2.43. The van der Waals surface area contributed by atoms with E-state index in [0.717, 1.165) is 42.4 Å². The number of amides is 1. The van der Waals surface area contributed by atoms with E-state index < -0.39 is 11.9 Å². The third-order valence-corrected chi connectivity index (χ3v) is 9.73. The van der Waals surface area contributed by atoms with Crippen LogP contribution in [0.25, 0.3) is 33.1 Å². The van der Waals surface area contributed by atoms with Gasteiger partial charge in [0.1, 0.15) is 22.9 Å². The molecule has 4 aromatic rings. The number of aryl methyl sites for hydroxylation is 2. The lowest BCUT2D eigenvalue weighted by Crippen LogP contribution is -2.38. The lowest BCUT2D eigenvalue weighted by atomic mass is 9.89. The predicted molar refractivity (Wildman–Crippen MR) is 184 cm³/mol. The van der Waals surface area contributed by atoms with Crippen molar-refractivity contribution in [3.8, 4) is 11.3 Å². The highest BCUT2D eigenvalue weighted by Crippen LogP contribution is 2.42. The summed E-state index contributed by atoms with van der Waals surface area (Å²) >= 11 is 0. The molecular weight excluding hydrogens is 595 g/mol. The van der Waals surface area contributed by atoms with Gasteiger partial charge in [0.25, 0.3) is 0 Å². The van der Waals surface area contributed by atoms with Gasteiger partial charge in [0.2, 0.25) is 0 Å². The molecule has 0 radical (unpaired) electrons. The van der Waals surface area contributed by atoms with Crippen LogP contribution in [0.1, 0.15) is 89.9 Å². The number of nitrogens with one attached hydrogen (secondary N) is 2. The van der Waals surface area contributed by atoms with Gasteiger partial charge in [-0.2, -0.15) is 5.10 Å². The monoisotopic (exact) mass is 644 g/mol. The van der Waals surface area contributed by atoms with Crippen molar-refractivity contribution in [2.24, 2.45) is 0 Å². The van der Waals surface area contributed by atoms with Crippen molar-refractivity contribution in [3.63, 3.8) is 0 Å². The molecular formula is C36H49FN8O2. The van der Waals surface area contributed by atoms with E-state index >= 15 is 4.39 Å². The van der Waals surface area contributed by atoms with Gasteiger partial charge in [-0.15, -0.1) is 0 Å². The van der Waals surface area contributed by atoms with Crippen LogP contribution in [0.3, 0.4) is 0 Å². The summed E-state index contributed by atoms with van der Waals surface area (Å²) in [5, 5.41) is 11.5. The second-order valence-corrected chi connectivity index (χ2v) is 13.1. The molecule has 1 aliphatic carbocycles. The molecule has 3 aromatic heterocycles. The lowest BCUT2D eigenvalue weighted by molar-refractivity contribution is 0.149. The number of nitrogens with zero attached hydrogens (tertiary/aromatic N) is 6. The maximum Gasteiger partial charge on any atom is 0.407 e. The van der Waals surface area contributed by atoms with Crippen LogP contribution in [0.5, 0.6) is 0 Å². The normalized spacial score (nSPS) is 19.6. The van der Waals surface area contributed by atoms with Crippen molar-refractivity contribution in [3.05, 3.63) is 41.7 Å². The minimum absolute atomic E-state index is 0.0827. The lowest BCUT2D eigenvalue weighted by Gasteiger charge is -2.32. The molecule has 11 heteroatoms. The fraction of sp³-hybridized carbons (Fsp3) is 0.583. The Morgan fingerprint density at radius 3 is 2.55 bits per heavy atom. The van der Waals surface area contributed by atoms with E-state index in [4.69, 9.17) is 14.7 Å². The van der Waals surface area contributed by atoms with Crippen molar-refractivity contribution < 1.29 is 13.9 Å². The molecule has 0 bridgehead atoms. The fourth-order valence-electron chi connectivity index (χ4n) is 7.41. The number of ether oxygens (including phenoxy) is 1. The van der Waals surface area contributed by atoms with Gasteiger partial charge in [0.05, 0.1) is 29.7 Å². The van der Waals surface area contributed by atoms with E-state index in [9.17, 15) is 4.79 Å². The first-order valence-electron chi connectivity index (χ1n) is 17.7. The molecule has 252 valence electrons. The van der Waals surface area contributed by atoms with Crippen LogP contribution >= 0.6 is 0 Å². The molecule has 4 fully saturated rings. The van der Waals surface area contributed by atoms with Gasteiger partial charge in [-0.05, 0) is 83.2 Å². The van der Waals surface area contributed by atoms with E-state index in [0.29, 0.717) is 48.7 Å². The van der Waals surface area contributed by atoms with Crippen molar-refractivity contribution in [1.29, 1.82) is 0 Å². The maximum atomic E-state index is 16.6. The molecule has 3 aliphatic heterocycles. The number of halogens is 1. The van der Waals surface area contributed by atoms with Gasteiger partial charge in [0.15, 0.2) is 5.82 Å². The van der Waals surface area contributed by atoms with E-state index in [1.807, 2.05) is 32.9 Å². The van der Waals surface area contributed by atoms with Gasteiger partial charge in [-0.1, -0.05) is 33.1 Å². The number of aromatic nitrogens is 5. The number of carbonyl (C=O) groups excluding carboxylic acids is 1. The highest BCUT2D eigenvalue weighted by molar-refractivity contribution is 5.98. The first kappa shape index (κ1) is 33.1. The molecule has 8 rings (SSSR count). The molecule has 1 amide bonds. The minimum Gasteiger partial charge on any atom is -0.450 e. The Balaban J connectivity index is 0.000000720. The predicted octanol–water partition coefficient (Wildman–Crippen LogP) is 7.10. The zero-order chi connectivity index (χ0) is 33.0. The Bertz CT molecular complexity index is 1690. The number of H-pyrrole nitrogens is 1. The maximum absolute atomic E-state index is 16.6. The van der Waals surface area contributed by atoms with Crippen LogP contribution in [0, 0.1) is 12.7 Å². The number of carbonyl (C=O) groups is 1. The average Bonchev–Trinajstić information content (AvgIpc) is 3.41. The molecule has 6 heterocycles. The molecule has 1 unspecified atom stereocenters. The van der Waals surface area contributed by atoms with Crippen LogP contribution in [0.4, 0.5) is 15.0 Å². The van der Waals surface area contributed by atoms with E-state index in [1.54, 1.807) is 19.3 Å². The van der Waals surface area contributed by atoms with Crippen LogP contribution in [0.15, 0.2) is 24.5 Å². The van der Waals surface area contributed by atoms with Crippen LogP contribution in [0.2, 0.25) is 0 Å². The Labute approximate surface area is 276 Å². The smallest absolute Gasteiger partial charge is 0.407 e. The van der Waals surface area contributed by atoms with Gasteiger partial charge in [-0.25, -0.2) is 19.2 Å². The summed E-state index contributed by atoms with van der Waals surface area (Å²) in [4.78, 5) is 31.4. The number of fused-ring (bicyclic) bond motifs is 3. The summed E-state index contributed by atoms with van der Waals surface area (Å²) in [6, 6.07) is 3.85. The minimum atomic E-state index is -0.451. The highest BCUT2D eigenvalue weighted by atomic mass is 19.1. The fourth-order valence-corrected chi connectivity index (χ4v) is 7.41. The molecule has 3 saturated heterocycles. The third-order valence-electron chi connectivity index (χ3n) is 9.73. The summed E-state index contributed by atoms with van der Waals surface area (Å²) in [7, 11) is 0. The SMILES string of the molecule is C1CC1.CC.CCOC(=O)NC1CCN(c2nc(CCC34CCCN3CCC4)nc3c(F)c(-c4cc(C)cc5[nH]ncc45)ncc23)C1. The van der Waals surface area contributed by atoms with Crippen molar-refractivity contribution in [2.45, 2.75) is 103 Å². The average molecular weight is 645 g/mol. The largest absolute Gasteiger partial charge is 0.450 e. The molecule has 2 N–H and O–H groups in total. The Morgan fingerprint density at radius 2 is 1.83 bits per heavy atom. The molecule has 1 saturated carbocycles. The molecule has 10 nitrogen and oxygen atoms in total. The van der Waals surface area contributed by atoms with E-state index in [2.05, 4.69) is 30.3 Å². The van der Waals surface area contributed by atoms with E-state index in [1.165, 1.54) is 44.9 Å². The summed E-state index contributed by atoms with van der Waals surface area (Å²) in [5.74, 6) is 0.875. The van der Waals surface area contributed by atoms with E-state index in [-0.39, 0.29) is 22.8 Å². The summed E-state index contributed by atoms with van der Waals surface area (Å²) in [5.41, 5.74) is 3.27. The number of alkyl carbamates (subject to hydrolysis) is 1. The number of benzene rings is 1. The van der Waals surface area contributed by atoms with Crippen LogP contribution in [-0.4, -0.2) is 80.5 Å². The van der Waals surface area contributed by atoms with Gasteiger partial charge >= 0.3 is 6.09 Å². The van der Waals surface area contributed by atoms with Gasteiger partial charge < -0.3 is 15.0 Å². The molecule has 4 aliphatic rings. The number of hydrogen-bond acceptors (Lipinski definition) is 8. The first-order valence-corrected chi connectivity index (χ1v) is 17.7. The number of anilines is 1. The second-order valence-electron chi connectivity index (χ2n) is 13.1. The quantitative estimate of drug-likeness (QED) is 0.219. The number of pyridine rings is 1. The van der Waals surface area contributed by atoms with Crippen molar-refractivity contribution >= 4 is 33.7 Å². The van der Waals surface area contributed by atoms with Crippen molar-refractivity contribution in [2.75, 3.05) is 37.7 Å². The number of aromatic amines is 1. The van der Waals surface area contributed by atoms with Gasteiger partial charge in [-0.3, -0.25) is 15.0 Å².